The van der Waals surface area contributed by atoms with Crippen molar-refractivity contribution in [2.24, 2.45) is 5.92 Å². The van der Waals surface area contributed by atoms with E-state index in [4.69, 9.17) is 0 Å². The first-order chi connectivity index (χ1) is 6.75. The average molecular weight is 191 g/mol. The lowest BCUT2D eigenvalue weighted by Gasteiger charge is -2.30. The second-order valence-electron chi connectivity index (χ2n) is 4.19. The molecule has 1 aromatic heterocycles. The normalized spacial score (nSPS) is 22.4. The van der Waals surface area contributed by atoms with Crippen LogP contribution in [0.4, 0.5) is 5.95 Å². The van der Waals surface area contributed by atoms with Gasteiger partial charge in [0.2, 0.25) is 5.95 Å². The molecule has 1 aromatic rings. The van der Waals surface area contributed by atoms with Gasteiger partial charge in [-0.3, -0.25) is 0 Å². The predicted octanol–water partition coefficient (Wildman–Crippen LogP) is 2.02. The largest absolute Gasteiger partial charge is 0.341 e. The van der Waals surface area contributed by atoms with Crippen LogP contribution in [0.1, 0.15) is 25.5 Å². The highest BCUT2D eigenvalue weighted by Crippen LogP contribution is 2.19. The molecule has 1 unspecified atom stereocenters. The summed E-state index contributed by atoms with van der Waals surface area (Å²) in [5, 5.41) is 0. The third-order valence-electron chi connectivity index (χ3n) is 2.72. The Bertz CT molecular complexity index is 311. The van der Waals surface area contributed by atoms with Gasteiger partial charge in [-0.15, -0.1) is 0 Å². The minimum absolute atomic E-state index is 0.771. The topological polar surface area (TPSA) is 29.0 Å². The lowest BCUT2D eigenvalue weighted by Crippen LogP contribution is -2.35. The molecular formula is C11H17N3. The van der Waals surface area contributed by atoms with Crippen molar-refractivity contribution >= 4 is 5.95 Å². The van der Waals surface area contributed by atoms with Crippen LogP contribution in [0.3, 0.4) is 0 Å². The van der Waals surface area contributed by atoms with Gasteiger partial charge in [-0.25, -0.2) is 9.97 Å². The van der Waals surface area contributed by atoms with Gasteiger partial charge in [0, 0.05) is 25.0 Å². The molecule has 3 heteroatoms. The number of nitrogens with zero attached hydrogens (tertiary/aromatic N) is 3. The molecule has 0 bridgehead atoms. The van der Waals surface area contributed by atoms with E-state index in [0.29, 0.717) is 0 Å². The summed E-state index contributed by atoms with van der Waals surface area (Å²) in [5.74, 6) is 1.67. The van der Waals surface area contributed by atoms with Gasteiger partial charge in [0.1, 0.15) is 0 Å². The highest BCUT2D eigenvalue weighted by atomic mass is 15.3. The molecule has 1 fully saturated rings. The van der Waals surface area contributed by atoms with Crippen molar-refractivity contribution in [3.05, 3.63) is 18.0 Å². The van der Waals surface area contributed by atoms with E-state index in [0.717, 1.165) is 30.6 Å². The monoisotopic (exact) mass is 191 g/mol. The second-order valence-corrected chi connectivity index (χ2v) is 4.19. The molecule has 1 aliphatic heterocycles. The first-order valence-corrected chi connectivity index (χ1v) is 5.30. The van der Waals surface area contributed by atoms with Crippen molar-refractivity contribution < 1.29 is 0 Å². The van der Waals surface area contributed by atoms with Crippen molar-refractivity contribution in [3.8, 4) is 0 Å². The first-order valence-electron chi connectivity index (χ1n) is 5.30. The number of piperidine rings is 1. The summed E-state index contributed by atoms with van der Waals surface area (Å²) in [6.45, 7) is 6.51. The van der Waals surface area contributed by atoms with E-state index in [1.165, 1.54) is 12.8 Å². The van der Waals surface area contributed by atoms with Crippen LogP contribution in [0.2, 0.25) is 0 Å². The first kappa shape index (κ1) is 9.44. The maximum Gasteiger partial charge on any atom is 0.225 e. The molecule has 2 rings (SSSR count). The van der Waals surface area contributed by atoms with Gasteiger partial charge in [0.15, 0.2) is 0 Å². The van der Waals surface area contributed by atoms with Crippen LogP contribution in [0.15, 0.2) is 12.3 Å². The quantitative estimate of drug-likeness (QED) is 0.680. The SMILES string of the molecule is Cc1ccnc(N2CCCC(C)C2)n1. The van der Waals surface area contributed by atoms with E-state index in [2.05, 4.69) is 21.8 Å². The van der Waals surface area contributed by atoms with Crippen LogP contribution in [0.25, 0.3) is 0 Å². The van der Waals surface area contributed by atoms with Crippen molar-refractivity contribution in [3.63, 3.8) is 0 Å². The van der Waals surface area contributed by atoms with Crippen molar-refractivity contribution in [1.29, 1.82) is 0 Å². The van der Waals surface area contributed by atoms with Crippen LogP contribution >= 0.6 is 0 Å². The molecule has 0 spiro atoms. The van der Waals surface area contributed by atoms with E-state index in [9.17, 15) is 0 Å². The molecule has 0 radical (unpaired) electrons. The number of hydrogen-bond acceptors (Lipinski definition) is 3. The smallest absolute Gasteiger partial charge is 0.225 e. The molecule has 14 heavy (non-hydrogen) atoms. The zero-order valence-corrected chi connectivity index (χ0v) is 8.90. The minimum atomic E-state index is 0.771. The summed E-state index contributed by atoms with van der Waals surface area (Å²) in [6, 6.07) is 1.94. The van der Waals surface area contributed by atoms with Crippen LogP contribution < -0.4 is 4.90 Å². The fourth-order valence-electron chi connectivity index (χ4n) is 1.96. The maximum atomic E-state index is 4.45. The molecule has 0 aromatic carbocycles. The van der Waals surface area contributed by atoms with Crippen LogP contribution in [0, 0.1) is 12.8 Å². The van der Waals surface area contributed by atoms with Crippen molar-refractivity contribution in [1.82, 2.24) is 9.97 Å². The Hall–Kier alpha value is -1.12. The highest BCUT2D eigenvalue weighted by Gasteiger charge is 2.18. The summed E-state index contributed by atoms with van der Waals surface area (Å²) in [4.78, 5) is 11.1. The van der Waals surface area contributed by atoms with Gasteiger partial charge >= 0.3 is 0 Å². The maximum absolute atomic E-state index is 4.45. The third kappa shape index (κ3) is 2.03. The summed E-state index contributed by atoms with van der Waals surface area (Å²) in [6.07, 6.45) is 4.44. The van der Waals surface area contributed by atoms with E-state index in [1.54, 1.807) is 0 Å². The van der Waals surface area contributed by atoms with E-state index < -0.39 is 0 Å². The number of aryl methyl sites for hydroxylation is 1. The van der Waals surface area contributed by atoms with E-state index >= 15 is 0 Å². The molecule has 3 nitrogen and oxygen atoms in total. The number of anilines is 1. The van der Waals surface area contributed by atoms with Gasteiger partial charge in [-0.05, 0) is 31.7 Å². The fraction of sp³-hybridized carbons (Fsp3) is 0.636. The van der Waals surface area contributed by atoms with Crippen LogP contribution in [-0.2, 0) is 0 Å². The lowest BCUT2D eigenvalue weighted by molar-refractivity contribution is 0.442. The van der Waals surface area contributed by atoms with E-state index in [1.807, 2.05) is 19.2 Å². The van der Waals surface area contributed by atoms with Crippen LogP contribution in [0.5, 0.6) is 0 Å². The van der Waals surface area contributed by atoms with Crippen LogP contribution in [-0.4, -0.2) is 23.1 Å². The van der Waals surface area contributed by atoms with Crippen molar-refractivity contribution in [2.75, 3.05) is 18.0 Å². The van der Waals surface area contributed by atoms with Gasteiger partial charge in [0.25, 0.3) is 0 Å². The Morgan fingerprint density at radius 1 is 1.50 bits per heavy atom. The number of aromatic nitrogens is 2. The lowest BCUT2D eigenvalue weighted by atomic mass is 10.0. The standard InChI is InChI=1S/C11H17N3/c1-9-4-3-7-14(8-9)11-12-6-5-10(2)13-11/h5-6,9H,3-4,7-8H2,1-2H3. The molecular weight excluding hydrogens is 174 g/mol. The minimum Gasteiger partial charge on any atom is -0.341 e. The molecule has 1 saturated heterocycles. The van der Waals surface area contributed by atoms with Crippen molar-refractivity contribution in [2.45, 2.75) is 26.7 Å². The molecule has 0 N–H and O–H groups in total. The summed E-state index contributed by atoms with van der Waals surface area (Å²) in [5.41, 5.74) is 1.05. The van der Waals surface area contributed by atoms with E-state index in [-0.39, 0.29) is 0 Å². The van der Waals surface area contributed by atoms with Gasteiger partial charge in [-0.2, -0.15) is 0 Å². The predicted molar refractivity (Wildman–Crippen MR) is 57.4 cm³/mol. The zero-order chi connectivity index (χ0) is 9.97. The molecule has 0 saturated carbocycles. The fourth-order valence-corrected chi connectivity index (χ4v) is 1.96. The molecule has 1 aliphatic rings. The molecule has 0 aliphatic carbocycles. The Balaban J connectivity index is 2.14. The Morgan fingerprint density at radius 3 is 3.07 bits per heavy atom. The Morgan fingerprint density at radius 2 is 2.36 bits per heavy atom. The molecule has 1 atom stereocenters. The Labute approximate surface area is 85.2 Å². The van der Waals surface area contributed by atoms with Gasteiger partial charge in [0.05, 0.1) is 0 Å². The Kier molecular flexibility index (Phi) is 2.66. The second kappa shape index (κ2) is 3.95. The van der Waals surface area contributed by atoms with Gasteiger partial charge in [-0.1, -0.05) is 6.92 Å². The summed E-state index contributed by atoms with van der Waals surface area (Å²) >= 11 is 0. The average Bonchev–Trinajstić information content (AvgIpc) is 2.18. The van der Waals surface area contributed by atoms with Gasteiger partial charge < -0.3 is 4.90 Å². The summed E-state index contributed by atoms with van der Waals surface area (Å²) in [7, 11) is 0. The molecule has 76 valence electrons. The number of hydrogen-bond donors (Lipinski definition) is 0. The summed E-state index contributed by atoms with van der Waals surface area (Å²) < 4.78 is 0. The third-order valence-corrected chi connectivity index (χ3v) is 2.72. The zero-order valence-electron chi connectivity index (χ0n) is 8.90. The molecule has 2 heterocycles. The highest BCUT2D eigenvalue weighted by molar-refractivity contribution is 5.30. The number of rotatable bonds is 1. The molecule has 0 amide bonds.